The molecular formula is C24H54N2O7. The molecule has 5 unspecified atom stereocenters. The summed E-state index contributed by atoms with van der Waals surface area (Å²) in [5.74, 6) is -0.0291. The molecule has 1 fully saturated rings. The molecule has 9 heteroatoms. The quantitative estimate of drug-likeness (QED) is 0.348. The maximum atomic E-state index is 12.8. The Kier molecular flexibility index (Phi) is 27.2. The Morgan fingerprint density at radius 1 is 1.21 bits per heavy atom. The standard InChI is InChI=1S/C15H29NO5.C3H7NO.C3H8.C2H6.CH4O/c1-8(2)16-12-9(3)21-11(7-17)13(19)10(18)6-15(4,5)14(12)20;1-3(5)2-4;1-3-2;2*1-2/h8-13,16-19H,6-7H2,1-5H3;2,4H2,1H3;3H2,1-2H3;1-2H3;2H,1H3. The van der Waals surface area contributed by atoms with Crippen LogP contribution in [0.4, 0.5) is 0 Å². The van der Waals surface area contributed by atoms with E-state index in [1.54, 1.807) is 20.8 Å². The van der Waals surface area contributed by atoms with Crippen molar-refractivity contribution in [2.45, 2.75) is 119 Å². The van der Waals surface area contributed by atoms with E-state index in [9.17, 15) is 24.9 Å². The minimum absolute atomic E-state index is 0.0324. The summed E-state index contributed by atoms with van der Waals surface area (Å²) in [7, 11) is 1.00. The van der Waals surface area contributed by atoms with Crippen molar-refractivity contribution in [2.75, 3.05) is 20.3 Å². The molecule has 5 atom stereocenters. The lowest BCUT2D eigenvalue weighted by atomic mass is 9.77. The zero-order valence-corrected chi connectivity index (χ0v) is 22.9. The Morgan fingerprint density at radius 2 is 1.61 bits per heavy atom. The molecule has 1 aliphatic rings. The molecule has 0 amide bonds. The molecule has 0 aromatic heterocycles. The van der Waals surface area contributed by atoms with E-state index in [1.807, 2.05) is 27.7 Å². The third kappa shape index (κ3) is 18.1. The number of ether oxygens (including phenoxy) is 1. The molecule has 0 saturated carbocycles. The minimum Gasteiger partial charge on any atom is -0.400 e. The first-order valence-electron chi connectivity index (χ1n) is 11.9. The van der Waals surface area contributed by atoms with E-state index in [-0.39, 0.29) is 30.6 Å². The number of aliphatic hydroxyl groups is 4. The molecule has 33 heavy (non-hydrogen) atoms. The van der Waals surface area contributed by atoms with E-state index in [0.29, 0.717) is 0 Å². The van der Waals surface area contributed by atoms with Gasteiger partial charge in [0.05, 0.1) is 31.4 Å². The summed E-state index contributed by atoms with van der Waals surface area (Å²) < 4.78 is 5.64. The molecule has 1 heterocycles. The molecule has 0 aliphatic carbocycles. The van der Waals surface area contributed by atoms with Gasteiger partial charge < -0.3 is 36.2 Å². The first kappa shape index (κ1) is 39.3. The number of carbonyl (C=O) groups excluding carboxylic acids is 2. The van der Waals surface area contributed by atoms with Gasteiger partial charge in [0.1, 0.15) is 18.0 Å². The number of nitrogens with two attached hydrogens (primary N) is 1. The van der Waals surface area contributed by atoms with E-state index in [4.69, 9.17) is 15.6 Å². The topological polar surface area (TPSA) is 162 Å². The highest BCUT2D eigenvalue weighted by Gasteiger charge is 2.43. The van der Waals surface area contributed by atoms with E-state index < -0.39 is 42.5 Å². The predicted octanol–water partition coefficient (Wildman–Crippen LogP) is 1.42. The fourth-order valence-electron chi connectivity index (χ4n) is 2.78. The normalized spacial score (nSPS) is 26.2. The van der Waals surface area contributed by atoms with Crippen LogP contribution in [0.5, 0.6) is 0 Å². The lowest BCUT2D eigenvalue weighted by Gasteiger charge is -2.32. The number of aliphatic hydroxyl groups excluding tert-OH is 4. The van der Waals surface area contributed by atoms with Gasteiger partial charge in [-0.25, -0.2) is 0 Å². The fraction of sp³-hybridized carbons (Fsp3) is 0.917. The van der Waals surface area contributed by atoms with Gasteiger partial charge in [0.15, 0.2) is 5.78 Å². The van der Waals surface area contributed by atoms with Gasteiger partial charge >= 0.3 is 0 Å². The first-order valence-corrected chi connectivity index (χ1v) is 11.9. The monoisotopic (exact) mass is 482 g/mol. The highest BCUT2D eigenvalue weighted by molar-refractivity contribution is 5.89. The van der Waals surface area contributed by atoms with Crippen LogP contribution in [0.2, 0.25) is 0 Å². The average molecular weight is 483 g/mol. The minimum atomic E-state index is -1.22. The Hall–Kier alpha value is -0.940. The number of hydrogen-bond donors (Lipinski definition) is 6. The number of rotatable bonds is 4. The molecule has 0 aromatic carbocycles. The SMILES string of the molecule is CC.CC(=O)CN.CC(C)NC1C(=O)C(C)(C)CC(O)C(O)C(CO)OC1C.CCC.CO. The maximum absolute atomic E-state index is 12.8. The molecular weight excluding hydrogens is 428 g/mol. The van der Waals surface area contributed by atoms with E-state index in [1.165, 1.54) is 13.3 Å². The highest BCUT2D eigenvalue weighted by atomic mass is 16.5. The Morgan fingerprint density at radius 3 is 1.91 bits per heavy atom. The zero-order chi connectivity index (χ0) is 27.4. The molecule has 0 radical (unpaired) electrons. The van der Waals surface area contributed by atoms with Crippen molar-refractivity contribution < 1.29 is 34.8 Å². The summed E-state index contributed by atoms with van der Waals surface area (Å²) in [4.78, 5) is 22.5. The van der Waals surface area contributed by atoms with Gasteiger partial charge in [-0.1, -0.05) is 61.8 Å². The van der Waals surface area contributed by atoms with Crippen LogP contribution in [0, 0.1) is 5.41 Å². The molecule has 202 valence electrons. The summed E-state index contributed by atoms with van der Waals surface area (Å²) >= 11 is 0. The second kappa shape index (κ2) is 22.8. The fourth-order valence-corrected chi connectivity index (χ4v) is 2.78. The Balaban J connectivity index is -0.000000293. The van der Waals surface area contributed by atoms with Crippen molar-refractivity contribution in [3.05, 3.63) is 0 Å². The number of carbonyl (C=O) groups is 2. The van der Waals surface area contributed by atoms with Crippen LogP contribution in [0.3, 0.4) is 0 Å². The molecule has 1 aliphatic heterocycles. The molecule has 9 nitrogen and oxygen atoms in total. The van der Waals surface area contributed by atoms with Crippen molar-refractivity contribution in [3.8, 4) is 0 Å². The van der Waals surface area contributed by atoms with Crippen LogP contribution in [0.15, 0.2) is 0 Å². The maximum Gasteiger partial charge on any atom is 0.158 e. The van der Waals surface area contributed by atoms with Gasteiger partial charge in [0.25, 0.3) is 0 Å². The molecule has 0 aromatic rings. The third-order valence-corrected chi connectivity index (χ3v) is 4.28. The summed E-state index contributed by atoms with van der Waals surface area (Å²) in [6.45, 7) is 18.6. The lowest BCUT2D eigenvalue weighted by molar-refractivity contribution is -0.138. The van der Waals surface area contributed by atoms with Crippen LogP contribution < -0.4 is 11.1 Å². The average Bonchev–Trinajstić information content (AvgIpc) is 2.79. The van der Waals surface area contributed by atoms with Crippen molar-refractivity contribution in [1.29, 1.82) is 0 Å². The molecule has 0 spiro atoms. The molecule has 1 saturated heterocycles. The van der Waals surface area contributed by atoms with E-state index >= 15 is 0 Å². The summed E-state index contributed by atoms with van der Waals surface area (Å²) in [6.07, 6.45) is -2.39. The van der Waals surface area contributed by atoms with Crippen LogP contribution in [0.1, 0.15) is 82.1 Å². The van der Waals surface area contributed by atoms with Gasteiger partial charge in [0.2, 0.25) is 0 Å². The second-order valence-electron chi connectivity index (χ2n) is 8.48. The summed E-state index contributed by atoms with van der Waals surface area (Å²) in [6, 6.07) is -0.462. The smallest absolute Gasteiger partial charge is 0.158 e. The van der Waals surface area contributed by atoms with Crippen LogP contribution in [-0.4, -0.2) is 88.8 Å². The third-order valence-electron chi connectivity index (χ3n) is 4.28. The Bertz CT molecular complexity index is 474. The molecule has 0 bridgehead atoms. The zero-order valence-electron chi connectivity index (χ0n) is 22.9. The van der Waals surface area contributed by atoms with Crippen molar-refractivity contribution in [1.82, 2.24) is 5.32 Å². The summed E-state index contributed by atoms with van der Waals surface area (Å²) in [5, 5.41) is 39.8. The van der Waals surface area contributed by atoms with Gasteiger partial charge in [0, 0.05) is 18.6 Å². The Labute approximate surface area is 202 Å². The van der Waals surface area contributed by atoms with Gasteiger partial charge in [-0.15, -0.1) is 0 Å². The van der Waals surface area contributed by atoms with Crippen LogP contribution in [0.25, 0.3) is 0 Å². The van der Waals surface area contributed by atoms with Gasteiger partial charge in [-0.3, -0.25) is 9.59 Å². The number of nitrogens with one attached hydrogen (secondary N) is 1. The van der Waals surface area contributed by atoms with Crippen molar-refractivity contribution in [2.24, 2.45) is 11.1 Å². The predicted molar refractivity (Wildman–Crippen MR) is 134 cm³/mol. The summed E-state index contributed by atoms with van der Waals surface area (Å²) in [5.41, 5.74) is 4.03. The molecule has 7 N–H and O–H groups in total. The lowest BCUT2D eigenvalue weighted by Crippen LogP contribution is -2.53. The highest BCUT2D eigenvalue weighted by Crippen LogP contribution is 2.30. The van der Waals surface area contributed by atoms with Crippen molar-refractivity contribution >= 4 is 11.6 Å². The van der Waals surface area contributed by atoms with E-state index in [2.05, 4.69) is 19.2 Å². The number of Topliss-reactive ketones (excluding diaryl/α,β-unsaturated/α-hetero) is 2. The second-order valence-corrected chi connectivity index (χ2v) is 8.48. The van der Waals surface area contributed by atoms with Crippen molar-refractivity contribution in [3.63, 3.8) is 0 Å². The van der Waals surface area contributed by atoms with E-state index in [0.717, 1.165) is 7.11 Å². The number of hydrogen-bond acceptors (Lipinski definition) is 9. The van der Waals surface area contributed by atoms with Crippen LogP contribution >= 0.6 is 0 Å². The molecule has 1 rings (SSSR count). The number of ketones is 2. The van der Waals surface area contributed by atoms with Gasteiger partial charge in [-0.2, -0.15) is 0 Å². The first-order chi connectivity index (χ1) is 15.3. The largest absolute Gasteiger partial charge is 0.400 e. The van der Waals surface area contributed by atoms with Crippen LogP contribution in [-0.2, 0) is 14.3 Å². The van der Waals surface area contributed by atoms with Gasteiger partial charge in [-0.05, 0) is 20.3 Å².